The molecule has 0 aliphatic carbocycles. The quantitative estimate of drug-likeness (QED) is 0.441. The van der Waals surface area contributed by atoms with Crippen LogP contribution in [-0.2, 0) is 6.18 Å². The van der Waals surface area contributed by atoms with Gasteiger partial charge in [0.25, 0.3) is 0 Å². The average Bonchev–Trinajstić information content (AvgIpc) is 2.54. The normalized spacial score (nSPS) is 11.5. The fourth-order valence-electron chi connectivity index (χ4n) is 2.09. The molecule has 3 aromatic rings. The maximum absolute atomic E-state index is 13.0. The maximum atomic E-state index is 13.0. The van der Waals surface area contributed by atoms with E-state index in [0.717, 1.165) is 11.6 Å². The topological polar surface area (TPSA) is 51.6 Å². The number of aromatic nitrogens is 4. The van der Waals surface area contributed by atoms with Crippen molar-refractivity contribution >= 4 is 37.4 Å². The zero-order chi connectivity index (χ0) is 17.3. The summed E-state index contributed by atoms with van der Waals surface area (Å²) >= 11 is 5.18. The third-order valence-corrected chi connectivity index (χ3v) is 3.88. The van der Waals surface area contributed by atoms with Crippen LogP contribution in [0.25, 0.3) is 22.5 Å². The second-order valence-electron chi connectivity index (χ2n) is 4.74. The zero-order valence-corrected chi connectivity index (χ0v) is 15.3. The van der Waals surface area contributed by atoms with Gasteiger partial charge in [-0.25, -0.2) is 0 Å². The molecule has 2 aromatic heterocycles. The fraction of sp³-hybridized carbons (Fsp3) is 0.0667. The molecule has 0 amide bonds. The van der Waals surface area contributed by atoms with Crippen molar-refractivity contribution in [1.82, 2.24) is 20.2 Å². The Balaban J connectivity index is 2.23. The summed E-state index contributed by atoms with van der Waals surface area (Å²) in [6.07, 6.45) is -4.56. The van der Waals surface area contributed by atoms with Gasteiger partial charge in [0.1, 0.15) is 0 Å². The third kappa shape index (κ3) is 3.65. The summed E-state index contributed by atoms with van der Waals surface area (Å²) in [6, 6.07) is 11.5. The molecule has 0 N–H and O–H groups in total. The van der Waals surface area contributed by atoms with Gasteiger partial charge in [-0.15, -0.1) is 0 Å². The Morgan fingerprint density at radius 3 is 2.25 bits per heavy atom. The summed E-state index contributed by atoms with van der Waals surface area (Å²) in [5.74, 6) is 0. The third-order valence-electron chi connectivity index (χ3n) is 3.08. The summed E-state index contributed by atoms with van der Waals surface area (Å²) < 4.78 is 39.5. The predicted molar refractivity (Wildman–Crippen MR) is 86.6 cm³/mol. The first kappa shape index (κ1) is 17.0. The van der Waals surface area contributed by atoms with Crippen LogP contribution in [0, 0.1) is 0 Å². The van der Waals surface area contributed by atoms with E-state index in [1.54, 1.807) is 12.1 Å². The second-order valence-corrected chi connectivity index (χ2v) is 6.39. The van der Waals surface area contributed by atoms with Crippen molar-refractivity contribution < 1.29 is 13.2 Å². The molecule has 0 spiro atoms. The molecule has 3 rings (SSSR count). The Labute approximate surface area is 152 Å². The van der Waals surface area contributed by atoms with Crippen molar-refractivity contribution in [2.75, 3.05) is 0 Å². The Hall–Kier alpha value is -1.79. The van der Waals surface area contributed by atoms with Crippen LogP contribution in [-0.4, -0.2) is 37.0 Å². The molecule has 0 saturated carbocycles. The molecule has 24 heavy (non-hydrogen) atoms. The summed E-state index contributed by atoms with van der Waals surface area (Å²) in [5.41, 5.74) is 0.660. The van der Waals surface area contributed by atoms with Gasteiger partial charge in [0.05, 0.1) is 0 Å². The fourth-order valence-corrected chi connectivity index (χ4v) is 2.83. The van der Waals surface area contributed by atoms with Crippen molar-refractivity contribution in [3.05, 3.63) is 52.8 Å². The van der Waals surface area contributed by atoms with Crippen molar-refractivity contribution in [3.63, 3.8) is 0 Å². The first-order chi connectivity index (χ1) is 11.3. The molecule has 120 valence electrons. The number of hydrogen-bond donors (Lipinski definition) is 0. The molecule has 9 heteroatoms. The van der Waals surface area contributed by atoms with Gasteiger partial charge in [0.15, 0.2) is 0 Å². The van der Waals surface area contributed by atoms with Crippen molar-refractivity contribution in [2.45, 2.75) is 6.18 Å². The number of alkyl halides is 3. The molecular weight excluding hydrogens is 448 g/mol. The van der Waals surface area contributed by atoms with Gasteiger partial charge in [-0.05, 0) is 0 Å². The first-order valence-electron chi connectivity index (χ1n) is 6.59. The standard InChI is InChI=1S/C15H7AsBrF3N4/c16-14-22-12(8-4-2-1-3-5-8)13(23-24-14)9-6-10(15(18,19)20)21-11(17)7-9/h1-7H. The molecule has 2 heterocycles. The molecule has 0 saturated heterocycles. The van der Waals surface area contributed by atoms with E-state index >= 15 is 0 Å². The number of rotatable bonds is 2. The molecular formula is C15H7AsBrF3N4. The van der Waals surface area contributed by atoms with Crippen LogP contribution in [0.15, 0.2) is 47.1 Å². The van der Waals surface area contributed by atoms with E-state index in [1.165, 1.54) is 6.07 Å². The van der Waals surface area contributed by atoms with Crippen molar-refractivity contribution in [1.29, 1.82) is 0 Å². The van der Waals surface area contributed by atoms with E-state index in [2.05, 4.69) is 52.9 Å². The Bertz CT molecular complexity index is 888. The summed E-state index contributed by atoms with van der Waals surface area (Å²) in [6.45, 7) is 0. The Morgan fingerprint density at radius 1 is 0.875 bits per heavy atom. The molecule has 0 unspecified atom stereocenters. The van der Waals surface area contributed by atoms with Crippen LogP contribution >= 0.6 is 15.9 Å². The van der Waals surface area contributed by atoms with Gasteiger partial charge in [0.2, 0.25) is 0 Å². The van der Waals surface area contributed by atoms with E-state index in [9.17, 15) is 13.2 Å². The van der Waals surface area contributed by atoms with Crippen LogP contribution in [0.1, 0.15) is 5.69 Å². The van der Waals surface area contributed by atoms with E-state index in [0.29, 0.717) is 10.3 Å². The minimum atomic E-state index is -4.56. The number of hydrogen-bond acceptors (Lipinski definition) is 4. The van der Waals surface area contributed by atoms with E-state index in [1.807, 2.05) is 18.2 Å². The van der Waals surface area contributed by atoms with Crippen molar-refractivity contribution in [2.24, 2.45) is 0 Å². The van der Waals surface area contributed by atoms with Gasteiger partial charge in [0, 0.05) is 0 Å². The average molecular weight is 455 g/mol. The Kier molecular flexibility index (Phi) is 4.69. The first-order valence-corrected chi connectivity index (χ1v) is 8.32. The molecule has 0 aliphatic rings. The van der Waals surface area contributed by atoms with E-state index in [-0.39, 0.29) is 15.9 Å². The van der Waals surface area contributed by atoms with Gasteiger partial charge in [-0.1, -0.05) is 0 Å². The minimum absolute atomic E-state index is 0.0597. The molecule has 0 fully saturated rings. The number of nitrogens with zero attached hydrogens (tertiary/aromatic N) is 4. The molecule has 1 aromatic carbocycles. The van der Waals surface area contributed by atoms with E-state index in [4.69, 9.17) is 0 Å². The van der Waals surface area contributed by atoms with Crippen LogP contribution in [0.5, 0.6) is 0 Å². The van der Waals surface area contributed by atoms with Gasteiger partial charge < -0.3 is 0 Å². The summed E-state index contributed by atoms with van der Waals surface area (Å²) in [7, 11) is 0. The monoisotopic (exact) mass is 454 g/mol. The summed E-state index contributed by atoms with van der Waals surface area (Å²) in [4.78, 5) is 7.79. The number of halogens is 4. The number of pyridine rings is 1. The van der Waals surface area contributed by atoms with E-state index < -0.39 is 11.9 Å². The second kappa shape index (κ2) is 6.61. The van der Waals surface area contributed by atoms with Crippen molar-refractivity contribution in [3.8, 4) is 22.5 Å². The zero-order valence-electron chi connectivity index (χ0n) is 11.8. The van der Waals surface area contributed by atoms with Crippen LogP contribution in [0.3, 0.4) is 0 Å². The van der Waals surface area contributed by atoms with Gasteiger partial charge in [-0.3, -0.25) is 0 Å². The molecule has 2 radical (unpaired) electrons. The van der Waals surface area contributed by atoms with Crippen LogP contribution in [0.4, 0.5) is 13.2 Å². The summed E-state index contributed by atoms with van der Waals surface area (Å²) in [5, 5.41) is 7.90. The van der Waals surface area contributed by atoms with Gasteiger partial charge >= 0.3 is 152 Å². The molecule has 4 nitrogen and oxygen atoms in total. The molecule has 0 atom stereocenters. The molecule has 0 aliphatic heterocycles. The van der Waals surface area contributed by atoms with Gasteiger partial charge in [-0.2, -0.15) is 0 Å². The Morgan fingerprint density at radius 2 is 1.58 bits per heavy atom. The SMILES string of the molecule is FC(F)(F)c1cc(-c2nnc([As])nc2-c2ccccc2)cc(Br)n1. The predicted octanol–water partition coefficient (Wildman–Crippen LogP) is 3.18. The molecule has 0 bridgehead atoms. The van der Waals surface area contributed by atoms with Crippen LogP contribution in [0.2, 0.25) is 0 Å². The number of benzene rings is 1. The van der Waals surface area contributed by atoms with Crippen LogP contribution < -0.4 is 4.61 Å².